The maximum absolute atomic E-state index is 12.7. The zero-order valence-electron chi connectivity index (χ0n) is 15.7. The van der Waals surface area contributed by atoms with Crippen molar-refractivity contribution in [1.29, 1.82) is 0 Å². The summed E-state index contributed by atoms with van der Waals surface area (Å²) in [6, 6.07) is 14.2. The Hall–Kier alpha value is -2.68. The first-order valence-corrected chi connectivity index (χ1v) is 9.70. The Balaban J connectivity index is 2.09. The normalized spacial score (nSPS) is 11.0. The molecule has 0 aliphatic rings. The summed E-state index contributed by atoms with van der Waals surface area (Å²) in [7, 11) is 0. The molecule has 29 heavy (non-hydrogen) atoms. The quantitative estimate of drug-likeness (QED) is 0.461. The van der Waals surface area contributed by atoms with Crippen LogP contribution in [0.3, 0.4) is 0 Å². The fraction of sp³-hybridized carbons (Fsp3) is 0.300. The van der Waals surface area contributed by atoms with E-state index in [0.29, 0.717) is 0 Å². The third-order valence-electron chi connectivity index (χ3n) is 3.71. The molecule has 2 amide bonds. The van der Waals surface area contributed by atoms with E-state index in [1.165, 1.54) is 29.2 Å². The van der Waals surface area contributed by atoms with Crippen LogP contribution in [0.2, 0.25) is 0 Å². The highest BCUT2D eigenvalue weighted by molar-refractivity contribution is 8.00. The lowest BCUT2D eigenvalue weighted by Crippen LogP contribution is -2.36. The molecule has 0 aliphatic heterocycles. The van der Waals surface area contributed by atoms with Gasteiger partial charge < -0.3 is 15.0 Å². The Morgan fingerprint density at radius 1 is 1.10 bits per heavy atom. The van der Waals surface area contributed by atoms with Crippen molar-refractivity contribution in [2.75, 3.05) is 18.5 Å². The van der Waals surface area contributed by atoms with Crippen LogP contribution < -0.4 is 5.32 Å². The van der Waals surface area contributed by atoms with Gasteiger partial charge in [0.1, 0.15) is 0 Å². The smallest absolute Gasteiger partial charge is 0.446 e. The molecule has 5 nitrogen and oxygen atoms in total. The molecule has 156 valence electrons. The summed E-state index contributed by atoms with van der Waals surface area (Å²) in [5, 5.41) is 2.60. The lowest BCUT2D eigenvalue weighted by Gasteiger charge is -2.23. The summed E-state index contributed by atoms with van der Waals surface area (Å²) >= 11 is -0.253. The van der Waals surface area contributed by atoms with Gasteiger partial charge in [-0.05, 0) is 42.4 Å². The molecular formula is C20H21F3N2O3S. The number of ether oxygens (including phenoxy) is 1. The number of anilines is 1. The number of benzene rings is 2. The van der Waals surface area contributed by atoms with Crippen LogP contribution in [0.15, 0.2) is 59.5 Å². The van der Waals surface area contributed by atoms with E-state index in [1.54, 1.807) is 6.92 Å². The molecule has 2 aromatic carbocycles. The molecule has 0 unspecified atom stereocenters. The van der Waals surface area contributed by atoms with E-state index >= 15 is 0 Å². The summed E-state index contributed by atoms with van der Waals surface area (Å²) in [4.78, 5) is 25.8. The summed E-state index contributed by atoms with van der Waals surface area (Å²) in [5.41, 5.74) is -3.33. The summed E-state index contributed by atoms with van der Waals surface area (Å²) in [6.07, 6.45) is 0.0120. The Morgan fingerprint density at radius 2 is 1.83 bits per heavy atom. The molecule has 0 aliphatic carbocycles. The molecule has 9 heteroatoms. The van der Waals surface area contributed by atoms with E-state index < -0.39 is 17.5 Å². The zero-order valence-corrected chi connectivity index (χ0v) is 16.6. The number of nitrogens with one attached hydrogen (secondary N) is 1. The van der Waals surface area contributed by atoms with Gasteiger partial charge >= 0.3 is 17.5 Å². The van der Waals surface area contributed by atoms with Crippen LogP contribution in [-0.4, -0.2) is 35.6 Å². The van der Waals surface area contributed by atoms with Crippen molar-refractivity contribution in [2.45, 2.75) is 30.3 Å². The second-order valence-corrected chi connectivity index (χ2v) is 7.11. The predicted octanol–water partition coefficient (Wildman–Crippen LogP) is 5.29. The van der Waals surface area contributed by atoms with E-state index in [0.717, 1.165) is 5.56 Å². The SMILES string of the molecule is CCOC(=O)CCN(Cc1ccccc1)C(=O)Nc1cccc(SC(F)(F)F)c1. The first kappa shape index (κ1) is 22.6. The molecule has 0 fully saturated rings. The maximum atomic E-state index is 12.7. The van der Waals surface area contributed by atoms with E-state index in [4.69, 9.17) is 4.74 Å². The molecule has 0 spiro atoms. The number of nitrogens with zero attached hydrogens (tertiary/aromatic N) is 1. The van der Waals surface area contributed by atoms with Crippen molar-refractivity contribution in [3.8, 4) is 0 Å². The van der Waals surface area contributed by atoms with Gasteiger partial charge in [-0.3, -0.25) is 4.79 Å². The number of urea groups is 1. The van der Waals surface area contributed by atoms with Crippen LogP contribution in [0.1, 0.15) is 18.9 Å². The highest BCUT2D eigenvalue weighted by atomic mass is 32.2. The minimum absolute atomic E-state index is 0.0120. The van der Waals surface area contributed by atoms with Gasteiger partial charge in [-0.15, -0.1) is 0 Å². The average molecular weight is 426 g/mol. The van der Waals surface area contributed by atoms with Gasteiger partial charge in [0.2, 0.25) is 0 Å². The molecule has 2 aromatic rings. The number of carbonyl (C=O) groups excluding carboxylic acids is 2. The lowest BCUT2D eigenvalue weighted by atomic mass is 10.2. The highest BCUT2D eigenvalue weighted by Gasteiger charge is 2.29. The standard InChI is InChI=1S/C20H21F3N2O3S/c1-2-28-18(26)11-12-25(14-15-7-4-3-5-8-15)19(27)24-16-9-6-10-17(13-16)29-20(21,22)23/h3-10,13H,2,11-12,14H2,1H3,(H,24,27). The van der Waals surface area contributed by atoms with Crippen LogP contribution in [0, 0.1) is 0 Å². The Kier molecular flexibility index (Phi) is 8.38. The number of amides is 2. The van der Waals surface area contributed by atoms with Crippen LogP contribution in [0.4, 0.5) is 23.7 Å². The second kappa shape index (κ2) is 10.8. The fourth-order valence-electron chi connectivity index (χ4n) is 2.49. The number of halogens is 3. The van der Waals surface area contributed by atoms with E-state index in [1.807, 2.05) is 30.3 Å². The number of thioether (sulfide) groups is 1. The van der Waals surface area contributed by atoms with E-state index in [2.05, 4.69) is 5.32 Å². The molecule has 0 radical (unpaired) electrons. The van der Waals surface area contributed by atoms with E-state index in [-0.39, 0.29) is 48.5 Å². The van der Waals surface area contributed by atoms with Crippen molar-refractivity contribution < 1.29 is 27.5 Å². The maximum Gasteiger partial charge on any atom is 0.446 e. The van der Waals surface area contributed by atoms with Crippen molar-refractivity contribution in [2.24, 2.45) is 0 Å². The topological polar surface area (TPSA) is 58.6 Å². The molecule has 0 heterocycles. The zero-order chi connectivity index (χ0) is 21.3. The average Bonchev–Trinajstić information content (AvgIpc) is 2.65. The third kappa shape index (κ3) is 8.47. The van der Waals surface area contributed by atoms with Crippen molar-refractivity contribution in [3.63, 3.8) is 0 Å². The molecule has 0 bridgehead atoms. The van der Waals surface area contributed by atoms with Gasteiger partial charge in [0.15, 0.2) is 0 Å². The fourth-order valence-corrected chi connectivity index (χ4v) is 3.09. The minimum Gasteiger partial charge on any atom is -0.466 e. The van der Waals surface area contributed by atoms with Gasteiger partial charge in [-0.25, -0.2) is 4.79 Å². The second-order valence-electron chi connectivity index (χ2n) is 5.97. The van der Waals surface area contributed by atoms with E-state index in [9.17, 15) is 22.8 Å². The number of carbonyl (C=O) groups is 2. The first-order valence-electron chi connectivity index (χ1n) is 8.88. The summed E-state index contributed by atoms with van der Waals surface area (Å²) in [6.45, 7) is 2.28. The number of hydrogen-bond acceptors (Lipinski definition) is 4. The highest BCUT2D eigenvalue weighted by Crippen LogP contribution is 2.37. The molecule has 0 saturated carbocycles. The van der Waals surface area contributed by atoms with Crippen LogP contribution in [0.5, 0.6) is 0 Å². The number of hydrogen-bond donors (Lipinski definition) is 1. The minimum atomic E-state index is -4.42. The monoisotopic (exact) mass is 426 g/mol. The van der Waals surface area contributed by atoms with Crippen LogP contribution in [-0.2, 0) is 16.1 Å². The van der Waals surface area contributed by atoms with Gasteiger partial charge in [0, 0.05) is 23.7 Å². The molecule has 1 N–H and O–H groups in total. The Bertz CT molecular complexity index is 816. The van der Waals surface area contributed by atoms with Crippen LogP contribution in [0.25, 0.3) is 0 Å². The molecule has 2 rings (SSSR count). The number of esters is 1. The van der Waals surface area contributed by atoms with Gasteiger partial charge in [-0.2, -0.15) is 13.2 Å². The van der Waals surface area contributed by atoms with Crippen LogP contribution >= 0.6 is 11.8 Å². The third-order valence-corrected chi connectivity index (χ3v) is 4.43. The lowest BCUT2D eigenvalue weighted by molar-refractivity contribution is -0.143. The van der Waals surface area contributed by atoms with Crippen molar-refractivity contribution >= 4 is 29.4 Å². The molecular weight excluding hydrogens is 405 g/mol. The van der Waals surface area contributed by atoms with Gasteiger partial charge in [-0.1, -0.05) is 36.4 Å². The van der Waals surface area contributed by atoms with Crippen molar-refractivity contribution in [1.82, 2.24) is 4.90 Å². The Labute approximate surface area is 171 Å². The molecule has 0 aromatic heterocycles. The largest absolute Gasteiger partial charge is 0.466 e. The summed E-state index contributed by atoms with van der Waals surface area (Å²) < 4.78 is 42.6. The first-order chi connectivity index (χ1) is 13.8. The Morgan fingerprint density at radius 3 is 2.48 bits per heavy atom. The van der Waals surface area contributed by atoms with Gasteiger partial charge in [0.25, 0.3) is 0 Å². The number of alkyl halides is 3. The molecule has 0 atom stereocenters. The predicted molar refractivity (Wildman–Crippen MR) is 105 cm³/mol. The van der Waals surface area contributed by atoms with Crippen molar-refractivity contribution in [3.05, 3.63) is 60.2 Å². The summed E-state index contributed by atoms with van der Waals surface area (Å²) in [5.74, 6) is -0.429. The van der Waals surface area contributed by atoms with Gasteiger partial charge in [0.05, 0.1) is 13.0 Å². The number of rotatable bonds is 8. The molecule has 0 saturated heterocycles.